The summed E-state index contributed by atoms with van der Waals surface area (Å²) < 4.78 is 5.77. The van der Waals surface area contributed by atoms with Crippen LogP contribution in [0.2, 0.25) is 5.02 Å². The van der Waals surface area contributed by atoms with Crippen molar-refractivity contribution in [2.45, 2.75) is 6.92 Å². The highest BCUT2D eigenvalue weighted by Gasteiger charge is 2.23. The van der Waals surface area contributed by atoms with Gasteiger partial charge in [-0.05, 0) is 24.6 Å². The number of hydrogen-bond donors (Lipinski definition) is 2. The maximum absolute atomic E-state index is 10.6. The van der Waals surface area contributed by atoms with E-state index in [2.05, 4.69) is 10.3 Å². The number of pyridine rings is 1. The molecule has 4 nitrogen and oxygen atoms in total. The molecule has 112 valence electrons. The first-order valence-corrected chi connectivity index (χ1v) is 7.20. The number of aryl methyl sites for hydroxylation is 1. The van der Waals surface area contributed by atoms with Crippen LogP contribution in [-0.2, 0) is 0 Å². The molecule has 0 bridgehead atoms. The molecule has 0 aliphatic rings. The van der Waals surface area contributed by atoms with E-state index in [4.69, 9.17) is 16.0 Å². The number of nitrogens with zero attached hydrogens (tertiary/aromatic N) is 1. The number of benzene rings is 1. The topological polar surface area (TPSA) is 58.3 Å². The van der Waals surface area contributed by atoms with Crippen LogP contribution in [-0.4, -0.2) is 17.1 Å². The molecule has 3 aromatic rings. The van der Waals surface area contributed by atoms with Gasteiger partial charge in [0.15, 0.2) is 11.5 Å². The number of rotatable bonds is 3. The molecule has 0 saturated heterocycles. The first-order valence-electron chi connectivity index (χ1n) is 6.83. The molecule has 5 heteroatoms. The van der Waals surface area contributed by atoms with Crippen LogP contribution in [0.3, 0.4) is 0 Å². The zero-order valence-electron chi connectivity index (χ0n) is 12.2. The zero-order valence-corrected chi connectivity index (χ0v) is 13.0. The van der Waals surface area contributed by atoms with Gasteiger partial charge in [0.05, 0.1) is 10.6 Å². The van der Waals surface area contributed by atoms with E-state index in [-0.39, 0.29) is 5.75 Å². The summed E-state index contributed by atoms with van der Waals surface area (Å²) >= 11 is 6.39. The minimum atomic E-state index is 0.0462. The first-order chi connectivity index (χ1) is 10.6. The molecule has 0 fully saturated rings. The largest absolute Gasteiger partial charge is 0.504 e. The van der Waals surface area contributed by atoms with Crippen LogP contribution < -0.4 is 5.32 Å². The Bertz CT molecular complexity index is 813. The molecular formula is C17H15ClN2O2. The maximum atomic E-state index is 10.6. The number of halogens is 1. The monoisotopic (exact) mass is 314 g/mol. The summed E-state index contributed by atoms with van der Waals surface area (Å²) in [6.07, 6.45) is 3.31. The minimum Gasteiger partial charge on any atom is -0.504 e. The molecular weight excluding hydrogens is 300 g/mol. The van der Waals surface area contributed by atoms with E-state index in [1.807, 2.05) is 31.2 Å². The number of aromatic nitrogens is 1. The number of aromatic hydroxyl groups is 1. The fourth-order valence-electron chi connectivity index (χ4n) is 2.38. The highest BCUT2D eigenvalue weighted by molar-refractivity contribution is 6.34. The van der Waals surface area contributed by atoms with Gasteiger partial charge in [-0.2, -0.15) is 0 Å². The Morgan fingerprint density at radius 1 is 1.23 bits per heavy atom. The highest BCUT2D eigenvalue weighted by Crippen LogP contribution is 2.48. The molecule has 0 amide bonds. The summed E-state index contributed by atoms with van der Waals surface area (Å²) in [6, 6.07) is 9.28. The molecule has 3 rings (SSSR count). The summed E-state index contributed by atoms with van der Waals surface area (Å²) in [5, 5.41) is 14.2. The molecule has 0 aliphatic heterocycles. The third-order valence-corrected chi connectivity index (χ3v) is 4.00. The maximum Gasteiger partial charge on any atom is 0.205 e. The van der Waals surface area contributed by atoms with Crippen LogP contribution in [0.4, 0.5) is 5.88 Å². The van der Waals surface area contributed by atoms with E-state index >= 15 is 0 Å². The van der Waals surface area contributed by atoms with E-state index in [0.29, 0.717) is 27.8 Å². The minimum absolute atomic E-state index is 0.0462. The van der Waals surface area contributed by atoms with Crippen LogP contribution in [0.1, 0.15) is 5.56 Å². The van der Waals surface area contributed by atoms with E-state index < -0.39 is 0 Å². The number of anilines is 1. The van der Waals surface area contributed by atoms with E-state index in [0.717, 1.165) is 11.1 Å². The van der Waals surface area contributed by atoms with E-state index in [1.165, 1.54) is 0 Å². The van der Waals surface area contributed by atoms with Gasteiger partial charge >= 0.3 is 0 Å². The van der Waals surface area contributed by atoms with Crippen LogP contribution >= 0.6 is 11.6 Å². The Morgan fingerprint density at radius 2 is 2.05 bits per heavy atom. The Morgan fingerprint density at radius 3 is 2.73 bits per heavy atom. The molecule has 22 heavy (non-hydrogen) atoms. The van der Waals surface area contributed by atoms with Crippen molar-refractivity contribution < 1.29 is 9.52 Å². The van der Waals surface area contributed by atoms with Crippen molar-refractivity contribution >= 4 is 17.5 Å². The van der Waals surface area contributed by atoms with Crippen molar-refractivity contribution in [2.75, 3.05) is 12.4 Å². The second-order valence-electron chi connectivity index (χ2n) is 4.91. The van der Waals surface area contributed by atoms with Gasteiger partial charge in [0.25, 0.3) is 0 Å². The van der Waals surface area contributed by atoms with Gasteiger partial charge < -0.3 is 14.8 Å². The van der Waals surface area contributed by atoms with Gasteiger partial charge in [-0.15, -0.1) is 0 Å². The predicted octanol–water partition coefficient (Wildman–Crippen LogP) is 4.72. The van der Waals surface area contributed by atoms with Crippen molar-refractivity contribution in [1.82, 2.24) is 4.98 Å². The Balaban J connectivity index is 2.25. The molecule has 1 aromatic carbocycles. The Labute approximate surface area is 133 Å². The van der Waals surface area contributed by atoms with Crippen molar-refractivity contribution in [3.05, 3.63) is 53.3 Å². The number of nitrogens with one attached hydrogen (secondary N) is 1. The lowest BCUT2D eigenvalue weighted by molar-refractivity contribution is 0.466. The zero-order chi connectivity index (χ0) is 15.7. The summed E-state index contributed by atoms with van der Waals surface area (Å²) in [7, 11) is 1.73. The second-order valence-corrected chi connectivity index (χ2v) is 5.29. The SMILES string of the molecule is CNc1oc(-c2cccnc2)c(O)c1-c1cccc(C)c1Cl. The standard InChI is InChI=1S/C17H15ClN2O2/c1-10-5-3-7-12(14(10)18)13-15(21)16(22-17(13)19-2)11-6-4-8-20-9-11/h3-9,19,21H,1-2H3. The summed E-state index contributed by atoms with van der Waals surface area (Å²) in [5.74, 6) is 0.874. The molecule has 2 aromatic heterocycles. The van der Waals surface area contributed by atoms with Crippen LogP contribution in [0.5, 0.6) is 5.75 Å². The average Bonchev–Trinajstić information content (AvgIpc) is 2.87. The molecule has 0 radical (unpaired) electrons. The predicted molar refractivity (Wildman–Crippen MR) is 88.3 cm³/mol. The third kappa shape index (κ3) is 2.31. The summed E-state index contributed by atoms with van der Waals surface area (Å²) in [4.78, 5) is 4.05. The van der Waals surface area contributed by atoms with E-state index in [9.17, 15) is 5.11 Å². The van der Waals surface area contributed by atoms with Crippen molar-refractivity contribution in [3.63, 3.8) is 0 Å². The van der Waals surface area contributed by atoms with Crippen LogP contribution in [0, 0.1) is 6.92 Å². The van der Waals surface area contributed by atoms with E-state index in [1.54, 1.807) is 25.5 Å². The van der Waals surface area contributed by atoms with Crippen molar-refractivity contribution in [3.8, 4) is 28.2 Å². The van der Waals surface area contributed by atoms with Crippen molar-refractivity contribution in [2.24, 2.45) is 0 Å². The van der Waals surface area contributed by atoms with Crippen molar-refractivity contribution in [1.29, 1.82) is 0 Å². The summed E-state index contributed by atoms with van der Waals surface area (Å²) in [5.41, 5.74) is 2.91. The van der Waals surface area contributed by atoms with Gasteiger partial charge in [-0.3, -0.25) is 4.98 Å². The molecule has 2 N–H and O–H groups in total. The summed E-state index contributed by atoms with van der Waals surface area (Å²) in [6.45, 7) is 1.92. The number of furan rings is 1. The van der Waals surface area contributed by atoms with Gasteiger partial charge in [0.2, 0.25) is 5.88 Å². The Hall–Kier alpha value is -2.46. The van der Waals surface area contributed by atoms with Crippen LogP contribution in [0.15, 0.2) is 47.1 Å². The molecule has 0 spiro atoms. The highest BCUT2D eigenvalue weighted by atomic mass is 35.5. The Kier molecular flexibility index (Phi) is 3.77. The van der Waals surface area contributed by atoms with Gasteiger partial charge in [-0.1, -0.05) is 29.8 Å². The average molecular weight is 315 g/mol. The normalized spacial score (nSPS) is 10.7. The smallest absolute Gasteiger partial charge is 0.205 e. The fraction of sp³-hybridized carbons (Fsp3) is 0.118. The molecule has 0 aliphatic carbocycles. The third-order valence-electron chi connectivity index (χ3n) is 3.49. The molecule has 2 heterocycles. The van der Waals surface area contributed by atoms with Gasteiger partial charge in [0.1, 0.15) is 0 Å². The van der Waals surface area contributed by atoms with Gasteiger partial charge in [0, 0.05) is 30.6 Å². The van der Waals surface area contributed by atoms with Crippen LogP contribution in [0.25, 0.3) is 22.5 Å². The molecule has 0 saturated carbocycles. The number of hydrogen-bond acceptors (Lipinski definition) is 4. The fourth-order valence-corrected chi connectivity index (χ4v) is 2.60. The lowest BCUT2D eigenvalue weighted by Gasteiger charge is -2.07. The molecule has 0 atom stereocenters. The lowest BCUT2D eigenvalue weighted by atomic mass is 10.0. The molecule has 0 unspecified atom stereocenters. The second kappa shape index (κ2) is 5.73. The van der Waals surface area contributed by atoms with Gasteiger partial charge in [-0.25, -0.2) is 0 Å². The lowest BCUT2D eigenvalue weighted by Crippen LogP contribution is -1.89. The quantitative estimate of drug-likeness (QED) is 0.734. The first kappa shape index (κ1) is 14.5.